The van der Waals surface area contributed by atoms with Crippen molar-refractivity contribution < 1.29 is 0 Å². The second-order valence-corrected chi connectivity index (χ2v) is 3.56. The van der Waals surface area contributed by atoms with E-state index in [-0.39, 0.29) is 0 Å². The molecular weight excluding hydrogens is 188 g/mol. The van der Waals surface area contributed by atoms with Crippen molar-refractivity contribution in [1.82, 2.24) is 14.6 Å². The summed E-state index contributed by atoms with van der Waals surface area (Å²) < 4.78 is 1.93. The molecule has 80 valence electrons. The Labute approximate surface area is 89.1 Å². The second-order valence-electron chi connectivity index (χ2n) is 3.56. The van der Waals surface area contributed by atoms with E-state index in [9.17, 15) is 0 Å². The Morgan fingerprint density at radius 2 is 2.27 bits per heavy atom. The minimum Gasteiger partial charge on any atom is -0.330 e. The second kappa shape index (κ2) is 4.40. The Bertz CT molecular complexity index is 447. The van der Waals surface area contributed by atoms with E-state index in [1.54, 1.807) is 0 Å². The lowest BCUT2D eigenvalue weighted by Gasteiger charge is -2.01. The van der Waals surface area contributed by atoms with E-state index >= 15 is 0 Å². The summed E-state index contributed by atoms with van der Waals surface area (Å²) >= 11 is 0. The van der Waals surface area contributed by atoms with Crippen LogP contribution in [0.4, 0.5) is 0 Å². The first-order valence-electron chi connectivity index (χ1n) is 5.38. The molecule has 0 saturated heterocycles. The smallest absolute Gasteiger partial charge is 0.155 e. The summed E-state index contributed by atoms with van der Waals surface area (Å²) in [5, 5.41) is 4.45. The predicted octanol–water partition coefficient (Wildman–Crippen LogP) is 1.18. The van der Waals surface area contributed by atoms with E-state index in [1.165, 1.54) is 5.69 Å². The maximum absolute atomic E-state index is 5.51. The van der Waals surface area contributed by atoms with Gasteiger partial charge in [-0.15, -0.1) is 0 Å². The molecule has 0 radical (unpaired) electrons. The molecule has 4 nitrogen and oxygen atoms in total. The highest BCUT2D eigenvalue weighted by atomic mass is 15.3. The quantitative estimate of drug-likeness (QED) is 0.813. The molecule has 2 heterocycles. The van der Waals surface area contributed by atoms with Gasteiger partial charge in [-0.3, -0.25) is 0 Å². The number of aryl methyl sites for hydroxylation is 2. The van der Waals surface area contributed by atoms with Gasteiger partial charge in [0.15, 0.2) is 11.5 Å². The zero-order valence-electron chi connectivity index (χ0n) is 8.98. The number of hydrogen-bond donors (Lipinski definition) is 1. The molecule has 15 heavy (non-hydrogen) atoms. The third-order valence-corrected chi connectivity index (χ3v) is 2.44. The van der Waals surface area contributed by atoms with Crippen molar-refractivity contribution in [2.24, 2.45) is 5.73 Å². The van der Waals surface area contributed by atoms with Crippen LogP contribution in [0.2, 0.25) is 0 Å². The number of nitrogens with zero attached hydrogens (tertiary/aromatic N) is 3. The topological polar surface area (TPSA) is 56.2 Å². The summed E-state index contributed by atoms with van der Waals surface area (Å²) in [6.45, 7) is 2.78. The van der Waals surface area contributed by atoms with Gasteiger partial charge in [0.25, 0.3) is 0 Å². The van der Waals surface area contributed by atoms with Gasteiger partial charge in [0.05, 0.1) is 0 Å². The van der Waals surface area contributed by atoms with Crippen LogP contribution in [0, 0.1) is 0 Å². The molecule has 0 spiro atoms. The average molecular weight is 204 g/mol. The van der Waals surface area contributed by atoms with Gasteiger partial charge in [0.2, 0.25) is 0 Å². The molecule has 0 aromatic carbocycles. The zero-order chi connectivity index (χ0) is 10.7. The zero-order valence-corrected chi connectivity index (χ0v) is 8.98. The van der Waals surface area contributed by atoms with Gasteiger partial charge < -0.3 is 5.73 Å². The standard InChI is InChI=1S/C11H16N4/c1-2-10-13-11-7-3-5-9(6-4-8-12)15(11)14-10/h3,5,7H,2,4,6,8,12H2,1H3. The van der Waals surface area contributed by atoms with Gasteiger partial charge in [-0.05, 0) is 31.5 Å². The van der Waals surface area contributed by atoms with Gasteiger partial charge >= 0.3 is 0 Å². The summed E-state index contributed by atoms with van der Waals surface area (Å²) in [4.78, 5) is 4.42. The first kappa shape index (κ1) is 10.1. The molecule has 2 rings (SSSR count). The van der Waals surface area contributed by atoms with Gasteiger partial charge in [-0.2, -0.15) is 5.10 Å². The van der Waals surface area contributed by atoms with Crippen molar-refractivity contribution in [3.63, 3.8) is 0 Å². The molecule has 0 aliphatic carbocycles. The Morgan fingerprint density at radius 3 is 3.00 bits per heavy atom. The highest BCUT2D eigenvalue weighted by Crippen LogP contribution is 2.08. The molecule has 0 bridgehead atoms. The highest BCUT2D eigenvalue weighted by molar-refractivity contribution is 5.38. The van der Waals surface area contributed by atoms with Crippen molar-refractivity contribution in [1.29, 1.82) is 0 Å². The fraction of sp³-hybridized carbons (Fsp3) is 0.455. The van der Waals surface area contributed by atoms with Crippen LogP contribution in [-0.4, -0.2) is 21.1 Å². The lowest BCUT2D eigenvalue weighted by Crippen LogP contribution is -2.04. The van der Waals surface area contributed by atoms with E-state index in [1.807, 2.05) is 16.6 Å². The number of rotatable bonds is 4. The van der Waals surface area contributed by atoms with E-state index in [0.717, 1.165) is 30.7 Å². The highest BCUT2D eigenvalue weighted by Gasteiger charge is 2.04. The SMILES string of the molecule is CCc1nc2cccc(CCCN)n2n1. The van der Waals surface area contributed by atoms with Crippen molar-refractivity contribution >= 4 is 5.65 Å². The number of hydrogen-bond acceptors (Lipinski definition) is 3. The summed E-state index contributed by atoms with van der Waals surface area (Å²) in [5.74, 6) is 0.898. The molecule has 0 unspecified atom stereocenters. The van der Waals surface area contributed by atoms with Crippen molar-refractivity contribution in [3.8, 4) is 0 Å². The van der Waals surface area contributed by atoms with Gasteiger partial charge in [-0.25, -0.2) is 9.50 Å². The predicted molar refractivity (Wildman–Crippen MR) is 59.7 cm³/mol. The first-order valence-corrected chi connectivity index (χ1v) is 5.38. The molecule has 2 aromatic heterocycles. The lowest BCUT2D eigenvalue weighted by atomic mass is 10.2. The third kappa shape index (κ3) is 1.99. The van der Waals surface area contributed by atoms with E-state index in [4.69, 9.17) is 5.73 Å². The van der Waals surface area contributed by atoms with Crippen LogP contribution in [0.15, 0.2) is 18.2 Å². The Hall–Kier alpha value is -1.42. The van der Waals surface area contributed by atoms with Crippen molar-refractivity contribution in [3.05, 3.63) is 29.7 Å². The molecule has 0 aliphatic heterocycles. The fourth-order valence-corrected chi connectivity index (χ4v) is 1.63. The van der Waals surface area contributed by atoms with E-state index in [2.05, 4.69) is 23.1 Å². The van der Waals surface area contributed by atoms with Crippen LogP contribution in [0.5, 0.6) is 0 Å². The summed E-state index contributed by atoms with van der Waals surface area (Å²) in [7, 11) is 0. The molecule has 0 fully saturated rings. The van der Waals surface area contributed by atoms with Gasteiger partial charge in [-0.1, -0.05) is 13.0 Å². The first-order chi connectivity index (χ1) is 7.35. The maximum Gasteiger partial charge on any atom is 0.155 e. The molecule has 2 N–H and O–H groups in total. The van der Waals surface area contributed by atoms with Crippen LogP contribution in [0.1, 0.15) is 24.9 Å². The van der Waals surface area contributed by atoms with Crippen molar-refractivity contribution in [2.75, 3.05) is 6.54 Å². The summed E-state index contributed by atoms with van der Waals surface area (Å²) in [6, 6.07) is 6.09. The minimum absolute atomic E-state index is 0.714. The number of fused-ring (bicyclic) bond motifs is 1. The molecule has 0 atom stereocenters. The summed E-state index contributed by atoms with van der Waals surface area (Å²) in [5.41, 5.74) is 7.62. The number of aromatic nitrogens is 3. The lowest BCUT2D eigenvalue weighted by molar-refractivity contribution is 0.758. The van der Waals surface area contributed by atoms with Crippen LogP contribution in [-0.2, 0) is 12.8 Å². The molecule has 0 amide bonds. The number of pyridine rings is 1. The fourth-order valence-electron chi connectivity index (χ4n) is 1.63. The molecule has 0 aliphatic rings. The molecular formula is C11H16N4. The van der Waals surface area contributed by atoms with Crippen LogP contribution >= 0.6 is 0 Å². The number of nitrogens with two attached hydrogens (primary N) is 1. The van der Waals surface area contributed by atoms with Crippen LogP contribution in [0.25, 0.3) is 5.65 Å². The van der Waals surface area contributed by atoms with Crippen molar-refractivity contribution in [2.45, 2.75) is 26.2 Å². The van der Waals surface area contributed by atoms with Crippen LogP contribution < -0.4 is 5.73 Å². The molecule has 0 saturated carbocycles. The summed E-state index contributed by atoms with van der Waals surface area (Å²) in [6.07, 6.45) is 2.82. The normalized spacial score (nSPS) is 11.1. The largest absolute Gasteiger partial charge is 0.330 e. The Morgan fingerprint density at radius 1 is 1.40 bits per heavy atom. The van der Waals surface area contributed by atoms with Crippen LogP contribution in [0.3, 0.4) is 0 Å². The Balaban J connectivity index is 2.40. The van der Waals surface area contributed by atoms with E-state index < -0.39 is 0 Å². The monoisotopic (exact) mass is 204 g/mol. The third-order valence-electron chi connectivity index (χ3n) is 2.44. The van der Waals surface area contributed by atoms with Gasteiger partial charge in [0.1, 0.15) is 0 Å². The minimum atomic E-state index is 0.714. The molecule has 4 heteroatoms. The van der Waals surface area contributed by atoms with Gasteiger partial charge in [0, 0.05) is 12.1 Å². The molecule has 2 aromatic rings. The average Bonchev–Trinajstić information content (AvgIpc) is 2.69. The Kier molecular flexibility index (Phi) is 2.97. The van der Waals surface area contributed by atoms with E-state index in [0.29, 0.717) is 6.54 Å². The maximum atomic E-state index is 5.51.